The predicted octanol–water partition coefficient (Wildman–Crippen LogP) is 11.1. The summed E-state index contributed by atoms with van der Waals surface area (Å²) in [6.45, 7) is 18.1. The van der Waals surface area contributed by atoms with Crippen LogP contribution in [0.25, 0.3) is 0 Å². The van der Waals surface area contributed by atoms with Crippen molar-refractivity contribution in [2.24, 2.45) is 0 Å². The number of nitrogens with zero attached hydrogens (tertiary/aromatic N) is 1. The van der Waals surface area contributed by atoms with Gasteiger partial charge in [0.25, 0.3) is 0 Å². The van der Waals surface area contributed by atoms with Crippen molar-refractivity contribution >= 4 is 11.3 Å². The first kappa shape index (κ1) is 49.9. The van der Waals surface area contributed by atoms with Gasteiger partial charge in [0.15, 0.2) is 0 Å². The van der Waals surface area contributed by atoms with Crippen molar-refractivity contribution in [1.82, 2.24) is 4.98 Å². The molecule has 0 bridgehead atoms. The first-order valence-electron chi connectivity index (χ1n) is 13.9. The van der Waals surface area contributed by atoms with Gasteiger partial charge in [-0.25, -0.2) is 0 Å². The normalized spacial score (nSPS) is 6.95. The summed E-state index contributed by atoms with van der Waals surface area (Å²) >= 11 is 1.71. The van der Waals surface area contributed by atoms with E-state index in [0.717, 1.165) is 5.75 Å². The maximum Gasteiger partial charge on any atom is 0.118 e. The second-order valence-electron chi connectivity index (χ2n) is 5.81. The topological polar surface area (TPSA) is 40.6 Å². The Morgan fingerprint density at radius 1 is 0.475 bits per heavy atom. The molecule has 40 heavy (non-hydrogen) atoms. The molecule has 2 heterocycles. The maximum atomic E-state index is 4.91. The molecule has 5 heteroatoms. The molecule has 2 aromatic carbocycles. The molecule has 0 atom stereocenters. The summed E-state index contributed by atoms with van der Waals surface area (Å²) in [7, 11) is 8.16. The van der Waals surface area contributed by atoms with Crippen LogP contribution in [0.4, 0.5) is 0 Å². The quantitative estimate of drug-likeness (QED) is 0.226. The SMILES string of the molecule is CC.CC.CC.CC.COC.COC.COc1ccccc1.Cc1ccccc1.c1ccncc1.c1ccsc1. The monoisotopic (exact) mass is 575 g/mol. The Labute approximate surface area is 253 Å². The second kappa shape index (κ2) is 60.5. The summed E-state index contributed by atoms with van der Waals surface area (Å²) < 4.78 is 13.4. The molecule has 0 aliphatic rings. The minimum Gasteiger partial charge on any atom is -0.497 e. The number of methoxy groups -OCH3 is 3. The molecule has 230 valence electrons. The molecule has 0 unspecified atom stereocenters. The van der Waals surface area contributed by atoms with Gasteiger partial charge in [-0.2, -0.15) is 11.3 Å². The van der Waals surface area contributed by atoms with Crippen molar-refractivity contribution in [1.29, 1.82) is 0 Å². The standard InChI is InChI=1S/C7H8O.C7H8.C5H5N.C4H4S.2C2H6O.4C2H6/c1-8-7-5-3-2-4-6-7;1-7-5-3-2-4-6-7;1-2-4-6-5-3-1;1-2-4-5-3-1;2*1-3-2;4*1-2/h2-6H,1H3;2-6H,1H3;1-5H;1-4H;2*1-2H3;4*1-2H3. The molecular formula is C35H61NO3S. The van der Waals surface area contributed by atoms with Gasteiger partial charge in [0.05, 0.1) is 7.11 Å². The van der Waals surface area contributed by atoms with Crippen molar-refractivity contribution < 1.29 is 14.2 Å². The Morgan fingerprint density at radius 2 is 0.800 bits per heavy atom. The zero-order chi connectivity index (χ0) is 32.1. The average molecular weight is 576 g/mol. The van der Waals surface area contributed by atoms with Crippen molar-refractivity contribution in [2.45, 2.75) is 62.3 Å². The lowest BCUT2D eigenvalue weighted by atomic mass is 10.2. The number of benzene rings is 2. The van der Waals surface area contributed by atoms with E-state index in [-0.39, 0.29) is 0 Å². The number of para-hydroxylation sites is 1. The van der Waals surface area contributed by atoms with Crippen molar-refractivity contribution in [3.8, 4) is 5.75 Å². The molecule has 2 aromatic heterocycles. The summed E-state index contributed by atoms with van der Waals surface area (Å²) in [6, 6.07) is 29.7. The number of aromatic nitrogens is 1. The Balaban J connectivity index is -0.0000000846. The van der Waals surface area contributed by atoms with Crippen LogP contribution in [-0.2, 0) is 9.47 Å². The largest absolute Gasteiger partial charge is 0.497 e. The number of thiophene rings is 1. The zero-order valence-electron chi connectivity index (χ0n) is 28.0. The van der Waals surface area contributed by atoms with Crippen LogP contribution in [0, 0.1) is 6.92 Å². The van der Waals surface area contributed by atoms with Crippen molar-refractivity contribution in [2.75, 3.05) is 35.5 Å². The second-order valence-corrected chi connectivity index (χ2v) is 6.62. The minimum atomic E-state index is 0.910. The third kappa shape index (κ3) is 59.9. The number of pyridine rings is 1. The Morgan fingerprint density at radius 3 is 0.950 bits per heavy atom. The van der Waals surface area contributed by atoms with Gasteiger partial charge in [-0.15, -0.1) is 0 Å². The molecule has 0 fully saturated rings. The van der Waals surface area contributed by atoms with Gasteiger partial charge in [0, 0.05) is 40.8 Å². The van der Waals surface area contributed by atoms with Gasteiger partial charge in [-0.1, -0.05) is 128 Å². The number of aryl methyl sites for hydroxylation is 1. The molecule has 0 spiro atoms. The van der Waals surface area contributed by atoms with Gasteiger partial charge in [0.1, 0.15) is 5.75 Å². The predicted molar refractivity (Wildman–Crippen MR) is 184 cm³/mol. The van der Waals surface area contributed by atoms with E-state index in [9.17, 15) is 0 Å². The molecule has 0 aliphatic carbocycles. The van der Waals surface area contributed by atoms with Crippen LogP contribution in [0.2, 0.25) is 0 Å². The van der Waals surface area contributed by atoms with Crippen molar-refractivity contribution in [3.05, 3.63) is 120 Å². The molecule has 0 aliphatic heterocycles. The van der Waals surface area contributed by atoms with E-state index in [0.29, 0.717) is 0 Å². The van der Waals surface area contributed by atoms with Gasteiger partial charge >= 0.3 is 0 Å². The Bertz CT molecular complexity index is 724. The van der Waals surface area contributed by atoms with E-state index in [1.54, 1.807) is 59.3 Å². The highest BCUT2D eigenvalue weighted by Gasteiger charge is 1.80. The van der Waals surface area contributed by atoms with E-state index in [2.05, 4.69) is 33.5 Å². The maximum absolute atomic E-state index is 4.91. The minimum absolute atomic E-state index is 0.910. The lowest BCUT2D eigenvalue weighted by molar-refractivity contribution is 0.277. The molecular weight excluding hydrogens is 514 g/mol. The van der Waals surface area contributed by atoms with Crippen LogP contribution in [0.15, 0.2) is 114 Å². The Kier molecular flexibility index (Phi) is 75.5. The molecule has 0 radical (unpaired) electrons. The van der Waals surface area contributed by atoms with Crippen LogP contribution in [0.5, 0.6) is 5.75 Å². The molecule has 0 saturated carbocycles. The van der Waals surface area contributed by atoms with Crippen LogP contribution in [0.3, 0.4) is 0 Å². The number of hydrogen-bond donors (Lipinski definition) is 0. The molecule has 0 saturated heterocycles. The molecule has 0 N–H and O–H groups in total. The third-order valence-electron chi connectivity index (χ3n) is 2.91. The van der Waals surface area contributed by atoms with Gasteiger partial charge in [-0.05, 0) is 41.9 Å². The summed E-state index contributed by atoms with van der Waals surface area (Å²) in [5.74, 6) is 0.910. The summed E-state index contributed by atoms with van der Waals surface area (Å²) in [4.78, 5) is 3.78. The van der Waals surface area contributed by atoms with Crippen LogP contribution in [0.1, 0.15) is 61.0 Å². The average Bonchev–Trinajstić information content (AvgIpc) is 3.65. The smallest absolute Gasteiger partial charge is 0.118 e. The summed E-state index contributed by atoms with van der Waals surface area (Å²) in [5.41, 5.74) is 1.32. The molecule has 4 rings (SSSR count). The third-order valence-corrected chi connectivity index (χ3v) is 3.54. The fraction of sp³-hybridized carbons (Fsp3) is 0.400. The van der Waals surface area contributed by atoms with E-state index in [1.807, 2.05) is 145 Å². The first-order valence-corrected chi connectivity index (χ1v) is 14.8. The van der Waals surface area contributed by atoms with E-state index >= 15 is 0 Å². The Hall–Kier alpha value is -2.99. The summed E-state index contributed by atoms with van der Waals surface area (Å²) in [5, 5.41) is 4.08. The summed E-state index contributed by atoms with van der Waals surface area (Å²) in [6.07, 6.45) is 3.50. The van der Waals surface area contributed by atoms with Crippen LogP contribution >= 0.6 is 11.3 Å². The number of rotatable bonds is 1. The zero-order valence-corrected chi connectivity index (χ0v) is 28.9. The van der Waals surface area contributed by atoms with Crippen LogP contribution in [-0.4, -0.2) is 40.5 Å². The van der Waals surface area contributed by atoms with E-state index < -0.39 is 0 Å². The highest BCUT2D eigenvalue weighted by Crippen LogP contribution is 2.05. The van der Waals surface area contributed by atoms with Gasteiger partial charge in [-0.3, -0.25) is 4.98 Å². The van der Waals surface area contributed by atoms with Gasteiger partial charge in [0.2, 0.25) is 0 Å². The first-order chi connectivity index (χ1) is 19.7. The highest BCUT2D eigenvalue weighted by atomic mass is 32.1. The van der Waals surface area contributed by atoms with Crippen LogP contribution < -0.4 is 4.74 Å². The number of ether oxygens (including phenoxy) is 3. The van der Waals surface area contributed by atoms with E-state index in [1.165, 1.54) is 5.56 Å². The van der Waals surface area contributed by atoms with Gasteiger partial charge < -0.3 is 14.2 Å². The lowest BCUT2D eigenvalue weighted by Crippen LogP contribution is -1.78. The fourth-order valence-corrected chi connectivity index (χ4v) is 2.08. The number of hydrogen-bond acceptors (Lipinski definition) is 5. The fourth-order valence-electron chi connectivity index (χ4n) is 1.63. The van der Waals surface area contributed by atoms with Crippen molar-refractivity contribution in [3.63, 3.8) is 0 Å². The lowest BCUT2D eigenvalue weighted by Gasteiger charge is -1.93. The molecule has 0 amide bonds. The molecule has 4 nitrogen and oxygen atoms in total. The highest BCUT2D eigenvalue weighted by molar-refractivity contribution is 7.07. The van der Waals surface area contributed by atoms with E-state index in [4.69, 9.17) is 4.74 Å². The molecule has 4 aromatic rings.